The SMILES string of the molecule is CN(CCOc1ccc(Br)cc1)C(=O)CC1CCCNC1. The van der Waals surface area contributed by atoms with E-state index in [4.69, 9.17) is 4.74 Å². The zero-order valence-electron chi connectivity index (χ0n) is 12.5. The number of benzene rings is 1. The van der Waals surface area contributed by atoms with E-state index in [-0.39, 0.29) is 5.91 Å². The Morgan fingerprint density at radius 2 is 2.19 bits per heavy atom. The van der Waals surface area contributed by atoms with Gasteiger partial charge in [0.05, 0.1) is 6.54 Å². The zero-order chi connectivity index (χ0) is 15.1. The van der Waals surface area contributed by atoms with Gasteiger partial charge in [-0.2, -0.15) is 0 Å². The van der Waals surface area contributed by atoms with Gasteiger partial charge < -0.3 is 15.0 Å². The number of hydrogen-bond donors (Lipinski definition) is 1. The third-order valence-electron chi connectivity index (χ3n) is 3.80. The average molecular weight is 355 g/mol. The molecule has 0 bridgehead atoms. The standard InChI is InChI=1S/C16H23BrN2O2/c1-19(16(20)11-13-3-2-8-18-12-13)9-10-21-15-6-4-14(17)5-7-15/h4-7,13,18H,2-3,8-12H2,1H3. The van der Waals surface area contributed by atoms with Gasteiger partial charge >= 0.3 is 0 Å². The summed E-state index contributed by atoms with van der Waals surface area (Å²) in [6.45, 7) is 3.19. The van der Waals surface area contributed by atoms with Crippen LogP contribution in [0.1, 0.15) is 19.3 Å². The lowest BCUT2D eigenvalue weighted by Gasteiger charge is -2.25. The van der Waals surface area contributed by atoms with E-state index in [0.717, 1.165) is 29.7 Å². The summed E-state index contributed by atoms with van der Waals surface area (Å²) in [4.78, 5) is 13.9. The first-order chi connectivity index (χ1) is 10.1. The predicted molar refractivity (Wildman–Crippen MR) is 87.5 cm³/mol. The fourth-order valence-electron chi connectivity index (χ4n) is 2.46. The maximum absolute atomic E-state index is 12.1. The molecule has 21 heavy (non-hydrogen) atoms. The van der Waals surface area contributed by atoms with E-state index < -0.39 is 0 Å². The maximum atomic E-state index is 12.1. The van der Waals surface area contributed by atoms with Crippen molar-refractivity contribution in [2.45, 2.75) is 19.3 Å². The number of rotatable bonds is 6. The number of carbonyl (C=O) groups is 1. The minimum absolute atomic E-state index is 0.211. The number of ether oxygens (including phenoxy) is 1. The van der Waals surface area contributed by atoms with Crippen LogP contribution >= 0.6 is 15.9 Å². The Balaban J connectivity index is 1.67. The Labute approximate surface area is 135 Å². The molecule has 1 aromatic carbocycles. The second-order valence-electron chi connectivity index (χ2n) is 5.53. The highest BCUT2D eigenvalue weighted by molar-refractivity contribution is 9.10. The van der Waals surface area contributed by atoms with E-state index in [2.05, 4.69) is 21.2 Å². The summed E-state index contributed by atoms with van der Waals surface area (Å²) in [5, 5.41) is 3.35. The van der Waals surface area contributed by atoms with Crippen LogP contribution in [0.3, 0.4) is 0 Å². The molecule has 4 nitrogen and oxygen atoms in total. The fraction of sp³-hybridized carbons (Fsp3) is 0.562. The van der Waals surface area contributed by atoms with E-state index >= 15 is 0 Å². The second kappa shape index (κ2) is 8.39. The molecular weight excluding hydrogens is 332 g/mol. The number of halogens is 1. The first kappa shape index (κ1) is 16.3. The van der Waals surface area contributed by atoms with Crippen LogP contribution in [0.4, 0.5) is 0 Å². The van der Waals surface area contributed by atoms with Crippen molar-refractivity contribution in [2.75, 3.05) is 33.3 Å². The molecule has 1 saturated heterocycles. The van der Waals surface area contributed by atoms with Crippen LogP contribution < -0.4 is 10.1 Å². The summed E-state index contributed by atoms with van der Waals surface area (Å²) < 4.78 is 6.68. The summed E-state index contributed by atoms with van der Waals surface area (Å²) in [7, 11) is 1.85. The van der Waals surface area contributed by atoms with Crippen LogP contribution in [0.2, 0.25) is 0 Å². The Hall–Kier alpha value is -1.07. The Kier molecular flexibility index (Phi) is 6.51. The summed E-state index contributed by atoms with van der Waals surface area (Å²) in [5.41, 5.74) is 0. The van der Waals surface area contributed by atoms with E-state index in [1.807, 2.05) is 31.3 Å². The van der Waals surface area contributed by atoms with Gasteiger partial charge in [-0.3, -0.25) is 4.79 Å². The monoisotopic (exact) mass is 354 g/mol. The Bertz CT molecular complexity index is 444. The second-order valence-corrected chi connectivity index (χ2v) is 6.45. The highest BCUT2D eigenvalue weighted by Gasteiger charge is 2.18. The lowest BCUT2D eigenvalue weighted by Crippen LogP contribution is -2.36. The van der Waals surface area contributed by atoms with E-state index in [1.165, 1.54) is 6.42 Å². The van der Waals surface area contributed by atoms with E-state index in [0.29, 0.717) is 25.5 Å². The van der Waals surface area contributed by atoms with Crippen molar-refractivity contribution in [1.82, 2.24) is 10.2 Å². The molecule has 1 aliphatic heterocycles. The van der Waals surface area contributed by atoms with Gasteiger partial charge in [-0.1, -0.05) is 15.9 Å². The van der Waals surface area contributed by atoms with Gasteiger partial charge in [0.1, 0.15) is 12.4 Å². The smallest absolute Gasteiger partial charge is 0.222 e. The number of carbonyl (C=O) groups excluding carboxylic acids is 1. The van der Waals surface area contributed by atoms with Gasteiger partial charge in [-0.05, 0) is 56.1 Å². The topological polar surface area (TPSA) is 41.6 Å². The molecule has 1 heterocycles. The number of likely N-dealkylation sites (N-methyl/N-ethyl adjacent to an activating group) is 1. The Morgan fingerprint density at radius 3 is 2.86 bits per heavy atom. The zero-order valence-corrected chi connectivity index (χ0v) is 14.1. The summed E-state index contributed by atoms with van der Waals surface area (Å²) >= 11 is 3.39. The molecule has 1 amide bonds. The van der Waals surface area contributed by atoms with Crippen molar-refractivity contribution >= 4 is 21.8 Å². The summed E-state index contributed by atoms with van der Waals surface area (Å²) in [6, 6.07) is 7.72. The number of nitrogens with zero attached hydrogens (tertiary/aromatic N) is 1. The van der Waals surface area contributed by atoms with Gasteiger partial charge in [0.25, 0.3) is 0 Å². The molecule has 1 aliphatic rings. The highest BCUT2D eigenvalue weighted by Crippen LogP contribution is 2.17. The van der Waals surface area contributed by atoms with Gasteiger partial charge in [-0.15, -0.1) is 0 Å². The average Bonchev–Trinajstić information content (AvgIpc) is 2.50. The van der Waals surface area contributed by atoms with Crippen molar-refractivity contribution < 1.29 is 9.53 Å². The molecular formula is C16H23BrN2O2. The van der Waals surface area contributed by atoms with E-state index in [1.54, 1.807) is 4.90 Å². The minimum atomic E-state index is 0.211. The molecule has 0 radical (unpaired) electrons. The lowest BCUT2D eigenvalue weighted by atomic mass is 9.96. The molecule has 5 heteroatoms. The molecule has 116 valence electrons. The van der Waals surface area contributed by atoms with Gasteiger partial charge in [0.2, 0.25) is 5.91 Å². The normalized spacial score (nSPS) is 18.3. The molecule has 0 saturated carbocycles. The molecule has 1 fully saturated rings. The number of nitrogens with one attached hydrogen (secondary N) is 1. The van der Waals surface area contributed by atoms with Crippen LogP contribution in [0.5, 0.6) is 5.75 Å². The minimum Gasteiger partial charge on any atom is -0.492 e. The number of piperidine rings is 1. The van der Waals surface area contributed by atoms with Crippen LogP contribution in [0.15, 0.2) is 28.7 Å². The molecule has 1 unspecified atom stereocenters. The third-order valence-corrected chi connectivity index (χ3v) is 4.33. The van der Waals surface area contributed by atoms with Crippen molar-refractivity contribution in [3.05, 3.63) is 28.7 Å². The first-order valence-corrected chi connectivity index (χ1v) is 8.27. The van der Waals surface area contributed by atoms with Gasteiger partial charge in [0.15, 0.2) is 0 Å². The van der Waals surface area contributed by atoms with Crippen molar-refractivity contribution in [3.63, 3.8) is 0 Å². The summed E-state index contributed by atoms with van der Waals surface area (Å²) in [6.07, 6.45) is 2.97. The predicted octanol–water partition coefficient (Wildman–Crippen LogP) is 2.68. The Morgan fingerprint density at radius 1 is 1.43 bits per heavy atom. The maximum Gasteiger partial charge on any atom is 0.222 e. The highest BCUT2D eigenvalue weighted by atomic mass is 79.9. The number of amides is 1. The van der Waals surface area contributed by atoms with Crippen molar-refractivity contribution in [3.8, 4) is 5.75 Å². The molecule has 1 aromatic rings. The van der Waals surface area contributed by atoms with Crippen LogP contribution in [0, 0.1) is 5.92 Å². The molecule has 0 aliphatic carbocycles. The van der Waals surface area contributed by atoms with Crippen LogP contribution in [-0.4, -0.2) is 44.1 Å². The van der Waals surface area contributed by atoms with Crippen molar-refractivity contribution in [2.24, 2.45) is 5.92 Å². The molecule has 0 spiro atoms. The number of hydrogen-bond acceptors (Lipinski definition) is 3. The molecule has 1 N–H and O–H groups in total. The quantitative estimate of drug-likeness (QED) is 0.853. The van der Waals surface area contributed by atoms with Gasteiger partial charge in [0, 0.05) is 17.9 Å². The van der Waals surface area contributed by atoms with Gasteiger partial charge in [-0.25, -0.2) is 0 Å². The molecule has 0 aromatic heterocycles. The fourth-order valence-corrected chi connectivity index (χ4v) is 2.72. The largest absolute Gasteiger partial charge is 0.492 e. The summed E-state index contributed by atoms with van der Waals surface area (Å²) in [5.74, 6) is 1.53. The molecule has 1 atom stereocenters. The van der Waals surface area contributed by atoms with E-state index in [9.17, 15) is 4.79 Å². The lowest BCUT2D eigenvalue weighted by molar-refractivity contribution is -0.131. The van der Waals surface area contributed by atoms with Crippen LogP contribution in [0.25, 0.3) is 0 Å². The first-order valence-electron chi connectivity index (χ1n) is 7.48. The van der Waals surface area contributed by atoms with Crippen LogP contribution in [-0.2, 0) is 4.79 Å². The molecule has 2 rings (SSSR count). The third kappa shape index (κ3) is 5.67. The van der Waals surface area contributed by atoms with Crippen molar-refractivity contribution in [1.29, 1.82) is 0 Å².